The van der Waals surface area contributed by atoms with Crippen molar-refractivity contribution in [1.29, 1.82) is 0 Å². The van der Waals surface area contributed by atoms with Crippen LogP contribution in [0.5, 0.6) is 5.88 Å². The van der Waals surface area contributed by atoms with E-state index >= 15 is 0 Å². The number of anilines is 1. The Bertz CT molecular complexity index is 380. The molecule has 15 heavy (non-hydrogen) atoms. The summed E-state index contributed by atoms with van der Waals surface area (Å²) in [7, 11) is 0. The van der Waals surface area contributed by atoms with Crippen molar-refractivity contribution in [3.63, 3.8) is 0 Å². The predicted octanol–water partition coefficient (Wildman–Crippen LogP) is 1.06. The lowest BCUT2D eigenvalue weighted by molar-refractivity contribution is -0.387. The Hall–Kier alpha value is -1.92. The van der Waals surface area contributed by atoms with Crippen molar-refractivity contribution in [3.05, 3.63) is 15.8 Å². The minimum atomic E-state index is -0.570. The maximum absolute atomic E-state index is 10.7. The number of ether oxygens (including phenoxy) is 1. The minimum Gasteiger partial charge on any atom is -0.473 e. The molecule has 82 valence electrons. The third kappa shape index (κ3) is 2.52. The highest BCUT2D eigenvalue weighted by Crippen LogP contribution is 2.27. The summed E-state index contributed by atoms with van der Waals surface area (Å²) in [5.41, 5.74) is 5.36. The molecule has 1 rings (SSSR count). The van der Waals surface area contributed by atoms with Crippen LogP contribution in [0, 0.1) is 17.0 Å². The van der Waals surface area contributed by atoms with E-state index in [2.05, 4.69) is 9.97 Å². The van der Waals surface area contributed by atoms with Gasteiger partial charge in [0.15, 0.2) is 0 Å². The normalized spacial score (nSPS) is 10.0. The molecule has 0 unspecified atom stereocenters. The quantitative estimate of drug-likeness (QED) is 0.591. The molecule has 2 N–H and O–H groups in total. The van der Waals surface area contributed by atoms with E-state index < -0.39 is 4.92 Å². The molecule has 1 heterocycles. The van der Waals surface area contributed by atoms with Crippen molar-refractivity contribution in [2.24, 2.45) is 0 Å². The van der Waals surface area contributed by atoms with Crippen LogP contribution in [0.25, 0.3) is 0 Å². The van der Waals surface area contributed by atoms with Gasteiger partial charge in [0.05, 0.1) is 11.5 Å². The summed E-state index contributed by atoms with van der Waals surface area (Å²) >= 11 is 0. The first kappa shape index (κ1) is 11.2. The van der Waals surface area contributed by atoms with E-state index in [1.165, 1.54) is 6.92 Å². The van der Waals surface area contributed by atoms with Crippen LogP contribution < -0.4 is 10.5 Å². The Balaban J connectivity index is 3.14. The van der Waals surface area contributed by atoms with Gasteiger partial charge in [-0.15, -0.1) is 0 Å². The van der Waals surface area contributed by atoms with Gasteiger partial charge in [-0.3, -0.25) is 10.1 Å². The fourth-order valence-corrected chi connectivity index (χ4v) is 1.07. The Morgan fingerprint density at radius 3 is 2.73 bits per heavy atom. The molecule has 0 aliphatic carbocycles. The number of nitrogens with two attached hydrogens (primary N) is 1. The number of aryl methyl sites for hydroxylation is 1. The first-order valence-electron chi connectivity index (χ1n) is 4.47. The van der Waals surface area contributed by atoms with Crippen molar-refractivity contribution in [3.8, 4) is 5.88 Å². The van der Waals surface area contributed by atoms with Crippen molar-refractivity contribution in [2.45, 2.75) is 20.3 Å². The van der Waals surface area contributed by atoms with Gasteiger partial charge >= 0.3 is 5.69 Å². The molecule has 1 aromatic heterocycles. The largest absolute Gasteiger partial charge is 0.473 e. The molecular formula is C8H12N4O3. The zero-order valence-corrected chi connectivity index (χ0v) is 8.56. The summed E-state index contributed by atoms with van der Waals surface area (Å²) in [5, 5.41) is 10.7. The Morgan fingerprint density at radius 2 is 2.20 bits per heavy atom. The van der Waals surface area contributed by atoms with Crippen LogP contribution in [0.15, 0.2) is 0 Å². The zero-order valence-electron chi connectivity index (χ0n) is 8.56. The summed E-state index contributed by atoms with van der Waals surface area (Å²) in [4.78, 5) is 17.6. The monoisotopic (exact) mass is 212 g/mol. The summed E-state index contributed by atoms with van der Waals surface area (Å²) in [6, 6.07) is 0. The molecule has 1 aromatic rings. The van der Waals surface area contributed by atoms with E-state index in [0.29, 0.717) is 6.61 Å². The standard InChI is InChI=1S/C8H12N4O3/c1-3-4-15-7-6(12(13)14)5(2)10-8(9)11-7/h3-4H2,1-2H3,(H2,9,10,11). The highest BCUT2D eigenvalue weighted by Gasteiger charge is 2.22. The van der Waals surface area contributed by atoms with Crippen LogP contribution in [-0.4, -0.2) is 21.5 Å². The van der Waals surface area contributed by atoms with Crippen LogP contribution in [0.1, 0.15) is 19.0 Å². The van der Waals surface area contributed by atoms with Crippen molar-refractivity contribution >= 4 is 11.6 Å². The van der Waals surface area contributed by atoms with Gasteiger partial charge in [-0.25, -0.2) is 4.98 Å². The van der Waals surface area contributed by atoms with Crippen molar-refractivity contribution < 1.29 is 9.66 Å². The number of rotatable bonds is 4. The lowest BCUT2D eigenvalue weighted by Gasteiger charge is -2.05. The van der Waals surface area contributed by atoms with Gasteiger partial charge in [-0.05, 0) is 13.3 Å². The lowest BCUT2D eigenvalue weighted by Crippen LogP contribution is -2.07. The number of hydrogen-bond donors (Lipinski definition) is 1. The molecule has 0 aliphatic heterocycles. The number of nitro groups is 1. The first-order valence-corrected chi connectivity index (χ1v) is 4.47. The zero-order chi connectivity index (χ0) is 11.4. The van der Waals surface area contributed by atoms with Crippen LogP contribution >= 0.6 is 0 Å². The van der Waals surface area contributed by atoms with Gasteiger partial charge in [-0.1, -0.05) is 6.92 Å². The van der Waals surface area contributed by atoms with Crippen LogP contribution in [0.3, 0.4) is 0 Å². The van der Waals surface area contributed by atoms with Gasteiger partial charge in [-0.2, -0.15) is 4.98 Å². The molecule has 0 atom stereocenters. The summed E-state index contributed by atoms with van der Waals surface area (Å²) in [6.07, 6.45) is 0.736. The third-order valence-electron chi connectivity index (χ3n) is 1.67. The molecule has 0 saturated carbocycles. The highest BCUT2D eigenvalue weighted by molar-refractivity contribution is 5.47. The molecule has 0 spiro atoms. The fourth-order valence-electron chi connectivity index (χ4n) is 1.07. The molecule has 7 heteroatoms. The molecule has 0 amide bonds. The Morgan fingerprint density at radius 1 is 1.53 bits per heavy atom. The van der Waals surface area contributed by atoms with Crippen molar-refractivity contribution in [1.82, 2.24) is 9.97 Å². The van der Waals surface area contributed by atoms with Gasteiger partial charge in [0, 0.05) is 0 Å². The molecule has 0 radical (unpaired) electrons. The average molecular weight is 212 g/mol. The van der Waals surface area contributed by atoms with Gasteiger partial charge in [0.25, 0.3) is 5.88 Å². The summed E-state index contributed by atoms with van der Waals surface area (Å²) in [6.45, 7) is 3.74. The summed E-state index contributed by atoms with van der Waals surface area (Å²) in [5.74, 6) is -0.0870. The molecule has 0 aromatic carbocycles. The topological polar surface area (TPSA) is 104 Å². The Kier molecular flexibility index (Phi) is 3.37. The van der Waals surface area contributed by atoms with Gasteiger partial charge < -0.3 is 10.5 Å². The smallest absolute Gasteiger partial charge is 0.352 e. The van der Waals surface area contributed by atoms with E-state index in [-0.39, 0.29) is 23.2 Å². The lowest BCUT2D eigenvalue weighted by atomic mass is 10.3. The number of nitrogens with zero attached hydrogens (tertiary/aromatic N) is 3. The maximum Gasteiger partial charge on any atom is 0.352 e. The Labute approximate surface area is 86.4 Å². The van der Waals surface area contributed by atoms with Crippen LogP contribution in [0.2, 0.25) is 0 Å². The second kappa shape index (κ2) is 4.54. The second-order valence-electron chi connectivity index (χ2n) is 2.93. The maximum atomic E-state index is 10.7. The van der Waals surface area contributed by atoms with E-state index in [1.807, 2.05) is 6.92 Å². The molecule has 7 nitrogen and oxygen atoms in total. The molecular weight excluding hydrogens is 200 g/mol. The number of hydrogen-bond acceptors (Lipinski definition) is 6. The highest BCUT2D eigenvalue weighted by atomic mass is 16.6. The van der Waals surface area contributed by atoms with E-state index in [0.717, 1.165) is 6.42 Å². The van der Waals surface area contributed by atoms with Gasteiger partial charge in [0.1, 0.15) is 5.69 Å². The number of aromatic nitrogens is 2. The third-order valence-corrected chi connectivity index (χ3v) is 1.67. The molecule has 0 fully saturated rings. The van der Waals surface area contributed by atoms with E-state index in [1.54, 1.807) is 0 Å². The minimum absolute atomic E-state index is 0.0239. The second-order valence-corrected chi connectivity index (χ2v) is 2.93. The molecule has 0 bridgehead atoms. The SMILES string of the molecule is CCCOc1nc(N)nc(C)c1[N+](=O)[O-]. The molecule has 0 aliphatic rings. The van der Waals surface area contributed by atoms with E-state index in [4.69, 9.17) is 10.5 Å². The number of nitrogen functional groups attached to an aromatic ring is 1. The van der Waals surface area contributed by atoms with Crippen molar-refractivity contribution in [2.75, 3.05) is 12.3 Å². The van der Waals surface area contributed by atoms with E-state index in [9.17, 15) is 10.1 Å². The average Bonchev–Trinajstić information content (AvgIpc) is 2.12. The fraction of sp³-hybridized carbons (Fsp3) is 0.500. The summed E-state index contributed by atoms with van der Waals surface area (Å²) < 4.78 is 5.14. The molecule has 0 saturated heterocycles. The first-order chi connectivity index (χ1) is 7.06. The predicted molar refractivity (Wildman–Crippen MR) is 53.6 cm³/mol. The van der Waals surface area contributed by atoms with Gasteiger partial charge in [0.2, 0.25) is 5.95 Å². The van der Waals surface area contributed by atoms with Crippen LogP contribution in [0.4, 0.5) is 11.6 Å². The van der Waals surface area contributed by atoms with Crippen LogP contribution in [-0.2, 0) is 0 Å².